The average Bonchev–Trinajstić information content (AvgIpc) is 2.85. The first kappa shape index (κ1) is 14.7. The predicted molar refractivity (Wildman–Crippen MR) is 69.9 cm³/mol. The van der Waals surface area contributed by atoms with Gasteiger partial charge in [0.25, 0.3) is 0 Å². The first-order valence-corrected chi connectivity index (χ1v) is 6.46. The van der Waals surface area contributed by atoms with E-state index in [4.69, 9.17) is 4.42 Å². The van der Waals surface area contributed by atoms with Crippen LogP contribution < -0.4 is 5.32 Å². The van der Waals surface area contributed by atoms with Crippen molar-refractivity contribution in [2.45, 2.75) is 26.3 Å². The van der Waals surface area contributed by atoms with Crippen LogP contribution in [0.3, 0.4) is 0 Å². The van der Waals surface area contributed by atoms with E-state index in [-0.39, 0.29) is 5.56 Å². The molecule has 108 valence electrons. The molecule has 0 aliphatic rings. The van der Waals surface area contributed by atoms with Gasteiger partial charge in [0.05, 0.1) is 12.3 Å². The third-order valence-corrected chi connectivity index (χ3v) is 3.06. The van der Waals surface area contributed by atoms with Crippen LogP contribution in [0, 0.1) is 24.4 Å². The van der Waals surface area contributed by atoms with Gasteiger partial charge in [-0.25, -0.2) is 13.2 Å². The lowest BCUT2D eigenvalue weighted by atomic mass is 9.99. The van der Waals surface area contributed by atoms with Crippen LogP contribution >= 0.6 is 0 Å². The standard InChI is InChI=1S/C15H16F3NO/c1-3-6-19-15(10-7-9(2)20-8-10)11-4-5-12(16)14(18)13(11)17/h4-5,7-8,15,19H,3,6H2,1-2H3. The molecule has 0 bridgehead atoms. The summed E-state index contributed by atoms with van der Waals surface area (Å²) < 4.78 is 45.6. The Morgan fingerprint density at radius 1 is 1.20 bits per heavy atom. The minimum Gasteiger partial charge on any atom is -0.469 e. The van der Waals surface area contributed by atoms with Gasteiger partial charge in [0, 0.05) is 11.1 Å². The summed E-state index contributed by atoms with van der Waals surface area (Å²) in [4.78, 5) is 0. The first-order chi connectivity index (χ1) is 9.54. The molecule has 5 heteroatoms. The summed E-state index contributed by atoms with van der Waals surface area (Å²) in [5.41, 5.74) is 0.749. The largest absolute Gasteiger partial charge is 0.469 e. The molecule has 0 radical (unpaired) electrons. The maximum Gasteiger partial charge on any atom is 0.194 e. The summed E-state index contributed by atoms with van der Waals surface area (Å²) in [5.74, 6) is -3.14. The third-order valence-electron chi connectivity index (χ3n) is 3.06. The molecule has 1 unspecified atom stereocenters. The number of nitrogens with one attached hydrogen (secondary N) is 1. The van der Waals surface area contributed by atoms with Crippen LogP contribution in [0.4, 0.5) is 13.2 Å². The Balaban J connectivity index is 2.43. The van der Waals surface area contributed by atoms with Gasteiger partial charge in [-0.1, -0.05) is 13.0 Å². The zero-order valence-corrected chi connectivity index (χ0v) is 11.3. The van der Waals surface area contributed by atoms with Crippen LogP contribution in [0.5, 0.6) is 0 Å². The number of halogens is 3. The van der Waals surface area contributed by atoms with E-state index in [0.29, 0.717) is 17.9 Å². The second kappa shape index (κ2) is 6.13. The van der Waals surface area contributed by atoms with Crippen molar-refractivity contribution in [1.29, 1.82) is 0 Å². The zero-order chi connectivity index (χ0) is 14.7. The fraction of sp³-hybridized carbons (Fsp3) is 0.333. The number of hydrogen-bond acceptors (Lipinski definition) is 2. The highest BCUT2D eigenvalue weighted by Crippen LogP contribution is 2.28. The van der Waals surface area contributed by atoms with Crippen molar-refractivity contribution in [3.05, 3.63) is 58.8 Å². The Hall–Kier alpha value is -1.75. The van der Waals surface area contributed by atoms with Crippen molar-refractivity contribution in [2.24, 2.45) is 0 Å². The number of furan rings is 1. The second-order valence-corrected chi connectivity index (χ2v) is 4.64. The molecule has 0 saturated carbocycles. The molecule has 0 spiro atoms. The summed E-state index contributed by atoms with van der Waals surface area (Å²) in [6, 6.07) is 3.36. The monoisotopic (exact) mass is 283 g/mol. The first-order valence-electron chi connectivity index (χ1n) is 6.46. The Labute approximate surface area is 115 Å². The summed E-state index contributed by atoms with van der Waals surface area (Å²) in [5, 5.41) is 3.11. The van der Waals surface area contributed by atoms with Crippen LogP contribution in [0.25, 0.3) is 0 Å². The molecule has 0 aliphatic heterocycles. The summed E-state index contributed by atoms with van der Waals surface area (Å²) in [6.45, 7) is 4.35. The zero-order valence-electron chi connectivity index (χ0n) is 11.3. The van der Waals surface area contributed by atoms with Crippen molar-refractivity contribution < 1.29 is 17.6 Å². The van der Waals surface area contributed by atoms with Crippen molar-refractivity contribution in [1.82, 2.24) is 5.32 Å². The molecule has 1 heterocycles. The molecular formula is C15H16F3NO. The molecule has 0 fully saturated rings. The maximum atomic E-state index is 13.9. The summed E-state index contributed by atoms with van der Waals surface area (Å²) in [7, 11) is 0. The fourth-order valence-electron chi connectivity index (χ4n) is 2.07. The van der Waals surface area contributed by atoms with Gasteiger partial charge >= 0.3 is 0 Å². The van der Waals surface area contributed by atoms with E-state index in [1.165, 1.54) is 12.3 Å². The van der Waals surface area contributed by atoms with Gasteiger partial charge in [-0.3, -0.25) is 0 Å². The van der Waals surface area contributed by atoms with Crippen LogP contribution in [0.15, 0.2) is 28.9 Å². The molecule has 2 rings (SSSR count). The summed E-state index contributed by atoms with van der Waals surface area (Å²) >= 11 is 0. The van der Waals surface area contributed by atoms with E-state index < -0.39 is 23.5 Å². The molecule has 1 aromatic carbocycles. The van der Waals surface area contributed by atoms with Gasteiger partial charge in [-0.2, -0.15) is 0 Å². The smallest absolute Gasteiger partial charge is 0.194 e. The van der Waals surface area contributed by atoms with Crippen molar-refractivity contribution in [3.8, 4) is 0 Å². The number of hydrogen-bond donors (Lipinski definition) is 1. The number of aryl methyl sites for hydroxylation is 1. The minimum absolute atomic E-state index is 0.0677. The average molecular weight is 283 g/mol. The Bertz CT molecular complexity index is 595. The van der Waals surface area contributed by atoms with Gasteiger partial charge in [0.1, 0.15) is 5.76 Å². The van der Waals surface area contributed by atoms with Crippen LogP contribution in [0.2, 0.25) is 0 Å². The van der Waals surface area contributed by atoms with Crippen molar-refractivity contribution in [2.75, 3.05) is 6.54 Å². The summed E-state index contributed by atoms with van der Waals surface area (Å²) in [6.07, 6.45) is 2.32. The van der Waals surface area contributed by atoms with Gasteiger partial charge in [-0.15, -0.1) is 0 Å². The topological polar surface area (TPSA) is 25.2 Å². The fourth-order valence-corrected chi connectivity index (χ4v) is 2.07. The van der Waals surface area contributed by atoms with Crippen LogP contribution in [-0.4, -0.2) is 6.54 Å². The van der Waals surface area contributed by atoms with Gasteiger partial charge in [0.2, 0.25) is 0 Å². The molecule has 1 N–H and O–H groups in total. The van der Waals surface area contributed by atoms with Crippen molar-refractivity contribution >= 4 is 0 Å². The lowest BCUT2D eigenvalue weighted by Crippen LogP contribution is -2.24. The third kappa shape index (κ3) is 2.88. The molecule has 1 atom stereocenters. The Morgan fingerprint density at radius 2 is 1.95 bits per heavy atom. The van der Waals surface area contributed by atoms with Crippen molar-refractivity contribution in [3.63, 3.8) is 0 Å². The molecule has 20 heavy (non-hydrogen) atoms. The highest BCUT2D eigenvalue weighted by atomic mass is 19.2. The van der Waals surface area contributed by atoms with E-state index in [0.717, 1.165) is 12.5 Å². The van der Waals surface area contributed by atoms with Gasteiger partial charge in [0.15, 0.2) is 17.5 Å². The Kier molecular flexibility index (Phi) is 4.49. The van der Waals surface area contributed by atoms with E-state index in [9.17, 15) is 13.2 Å². The SMILES string of the molecule is CCCNC(c1coc(C)c1)c1ccc(F)c(F)c1F. The highest BCUT2D eigenvalue weighted by Gasteiger charge is 2.23. The lowest BCUT2D eigenvalue weighted by molar-refractivity contribution is 0.431. The lowest BCUT2D eigenvalue weighted by Gasteiger charge is -2.18. The second-order valence-electron chi connectivity index (χ2n) is 4.64. The number of benzene rings is 1. The maximum absolute atomic E-state index is 13.9. The van der Waals surface area contributed by atoms with E-state index in [1.807, 2.05) is 6.92 Å². The van der Waals surface area contributed by atoms with Gasteiger partial charge < -0.3 is 9.73 Å². The van der Waals surface area contributed by atoms with Crippen LogP contribution in [-0.2, 0) is 0 Å². The Morgan fingerprint density at radius 3 is 2.55 bits per heavy atom. The molecule has 2 aromatic rings. The highest BCUT2D eigenvalue weighted by molar-refractivity contribution is 5.32. The quantitative estimate of drug-likeness (QED) is 0.836. The van der Waals surface area contributed by atoms with E-state index >= 15 is 0 Å². The van der Waals surface area contributed by atoms with E-state index in [2.05, 4.69) is 5.32 Å². The molecule has 2 nitrogen and oxygen atoms in total. The number of rotatable bonds is 5. The molecule has 1 aromatic heterocycles. The molecular weight excluding hydrogens is 267 g/mol. The van der Waals surface area contributed by atoms with E-state index in [1.54, 1.807) is 13.0 Å². The normalized spacial score (nSPS) is 12.7. The molecule has 0 saturated heterocycles. The minimum atomic E-state index is -1.45. The predicted octanol–water partition coefficient (Wildman–Crippen LogP) is 4.09. The molecule has 0 amide bonds. The molecule has 0 aliphatic carbocycles. The van der Waals surface area contributed by atoms with Crippen LogP contribution in [0.1, 0.15) is 36.3 Å². The van der Waals surface area contributed by atoms with Gasteiger partial charge in [-0.05, 0) is 32.0 Å².